The summed E-state index contributed by atoms with van der Waals surface area (Å²) in [5.74, 6) is 0.482. The minimum absolute atomic E-state index is 0.113. The van der Waals surface area contributed by atoms with Crippen molar-refractivity contribution in [2.24, 2.45) is 0 Å². The normalized spacial score (nSPS) is 10.7. The number of aromatic amines is 1. The van der Waals surface area contributed by atoms with Crippen LogP contribution in [0.5, 0.6) is 5.75 Å². The standard InChI is InChI=1S/C22H22N6O4/c1-3-28-13-19(20(27-28)22(30)23-12-16-5-4-10-32-16)24-21(29)18-11-17(25-26-18)14-6-8-15(31-2)9-7-14/h4-11,13H,3,12H2,1-2H3,(H,23,30)(H,24,29)(H,25,26). The Bertz CT molecular complexity index is 1210. The van der Waals surface area contributed by atoms with E-state index >= 15 is 0 Å². The summed E-state index contributed by atoms with van der Waals surface area (Å²) < 4.78 is 12.0. The molecule has 3 aromatic heterocycles. The van der Waals surface area contributed by atoms with Crippen molar-refractivity contribution >= 4 is 17.5 Å². The molecule has 10 heteroatoms. The third-order valence-electron chi connectivity index (χ3n) is 4.76. The van der Waals surface area contributed by atoms with Gasteiger partial charge >= 0.3 is 0 Å². The number of furan rings is 1. The van der Waals surface area contributed by atoms with Gasteiger partial charge in [-0.3, -0.25) is 19.4 Å². The van der Waals surface area contributed by atoms with E-state index in [9.17, 15) is 9.59 Å². The van der Waals surface area contributed by atoms with Crippen LogP contribution in [0.2, 0.25) is 0 Å². The lowest BCUT2D eigenvalue weighted by Crippen LogP contribution is -2.25. The Balaban J connectivity index is 1.48. The van der Waals surface area contributed by atoms with E-state index in [1.54, 1.807) is 36.2 Å². The maximum absolute atomic E-state index is 12.8. The van der Waals surface area contributed by atoms with Gasteiger partial charge in [-0.25, -0.2) is 0 Å². The predicted molar refractivity (Wildman–Crippen MR) is 116 cm³/mol. The second-order valence-corrected chi connectivity index (χ2v) is 6.86. The number of amides is 2. The van der Waals surface area contributed by atoms with Gasteiger partial charge in [0.1, 0.15) is 17.2 Å². The Kier molecular flexibility index (Phi) is 6.02. The van der Waals surface area contributed by atoms with Gasteiger partial charge in [-0.05, 0) is 49.4 Å². The zero-order chi connectivity index (χ0) is 22.5. The molecule has 3 N–H and O–H groups in total. The highest BCUT2D eigenvalue weighted by molar-refractivity contribution is 6.07. The molecule has 0 fully saturated rings. The Morgan fingerprint density at radius 3 is 2.69 bits per heavy atom. The molecule has 2 amide bonds. The van der Waals surface area contributed by atoms with Gasteiger partial charge in [-0.1, -0.05) is 0 Å². The first-order valence-corrected chi connectivity index (χ1v) is 9.96. The fraction of sp³-hybridized carbons (Fsp3) is 0.182. The predicted octanol–water partition coefficient (Wildman–Crippen LogP) is 3.08. The van der Waals surface area contributed by atoms with Crippen LogP contribution in [0.25, 0.3) is 11.3 Å². The second kappa shape index (κ2) is 9.21. The number of carbonyl (C=O) groups excluding carboxylic acids is 2. The van der Waals surface area contributed by atoms with Crippen LogP contribution in [-0.2, 0) is 13.1 Å². The fourth-order valence-electron chi connectivity index (χ4n) is 3.04. The summed E-state index contributed by atoms with van der Waals surface area (Å²) in [4.78, 5) is 25.4. The number of H-pyrrole nitrogens is 1. The van der Waals surface area contributed by atoms with Gasteiger partial charge in [-0.2, -0.15) is 10.2 Å². The van der Waals surface area contributed by atoms with Crippen LogP contribution < -0.4 is 15.4 Å². The highest BCUT2D eigenvalue weighted by Crippen LogP contribution is 2.22. The van der Waals surface area contributed by atoms with Crippen molar-refractivity contribution in [3.05, 3.63) is 72.1 Å². The van der Waals surface area contributed by atoms with Gasteiger partial charge in [-0.15, -0.1) is 0 Å². The average molecular weight is 434 g/mol. The number of nitrogens with one attached hydrogen (secondary N) is 3. The number of ether oxygens (including phenoxy) is 1. The summed E-state index contributed by atoms with van der Waals surface area (Å²) in [6.45, 7) is 2.64. The summed E-state index contributed by atoms with van der Waals surface area (Å²) >= 11 is 0. The molecule has 0 aliphatic heterocycles. The smallest absolute Gasteiger partial charge is 0.274 e. The first kappa shape index (κ1) is 20.9. The van der Waals surface area contributed by atoms with Crippen LogP contribution >= 0.6 is 0 Å². The highest BCUT2D eigenvalue weighted by atomic mass is 16.5. The topological polar surface area (TPSA) is 127 Å². The number of hydrogen-bond acceptors (Lipinski definition) is 6. The minimum Gasteiger partial charge on any atom is -0.497 e. The molecule has 1 aromatic carbocycles. The lowest BCUT2D eigenvalue weighted by molar-refractivity contribution is 0.0943. The largest absolute Gasteiger partial charge is 0.497 e. The van der Waals surface area contributed by atoms with Crippen LogP contribution in [0, 0.1) is 0 Å². The van der Waals surface area contributed by atoms with E-state index in [0.29, 0.717) is 23.7 Å². The monoisotopic (exact) mass is 434 g/mol. The number of methoxy groups -OCH3 is 1. The van der Waals surface area contributed by atoms with E-state index in [1.165, 1.54) is 6.26 Å². The summed E-state index contributed by atoms with van der Waals surface area (Å²) in [5, 5.41) is 16.7. The first-order chi connectivity index (χ1) is 15.6. The molecule has 3 heterocycles. The van der Waals surface area contributed by atoms with Crippen LogP contribution in [0.15, 0.2) is 59.3 Å². The molecule has 0 bridgehead atoms. The van der Waals surface area contributed by atoms with Gasteiger partial charge in [0.05, 0.1) is 31.3 Å². The molecular weight excluding hydrogens is 412 g/mol. The zero-order valence-corrected chi connectivity index (χ0v) is 17.6. The zero-order valence-electron chi connectivity index (χ0n) is 17.6. The Morgan fingerprint density at radius 1 is 1.19 bits per heavy atom. The van der Waals surface area contributed by atoms with Crippen molar-refractivity contribution < 1.29 is 18.7 Å². The number of rotatable bonds is 8. The number of anilines is 1. The molecule has 32 heavy (non-hydrogen) atoms. The third kappa shape index (κ3) is 4.53. The van der Waals surface area contributed by atoms with Gasteiger partial charge in [0, 0.05) is 18.3 Å². The van der Waals surface area contributed by atoms with E-state index in [1.807, 2.05) is 31.2 Å². The molecule has 164 valence electrons. The lowest BCUT2D eigenvalue weighted by atomic mass is 10.1. The fourth-order valence-corrected chi connectivity index (χ4v) is 3.04. The quantitative estimate of drug-likeness (QED) is 0.391. The average Bonchev–Trinajstić information content (AvgIpc) is 3.58. The number of hydrogen-bond donors (Lipinski definition) is 3. The Morgan fingerprint density at radius 2 is 2.00 bits per heavy atom. The van der Waals surface area contributed by atoms with Crippen molar-refractivity contribution in [2.75, 3.05) is 12.4 Å². The second-order valence-electron chi connectivity index (χ2n) is 6.86. The summed E-state index contributed by atoms with van der Waals surface area (Å²) in [6.07, 6.45) is 3.14. The number of aromatic nitrogens is 4. The van der Waals surface area contributed by atoms with Crippen LogP contribution in [-0.4, -0.2) is 38.9 Å². The molecule has 0 aliphatic rings. The molecule has 0 spiro atoms. The number of carbonyl (C=O) groups is 2. The van der Waals surface area contributed by atoms with Crippen molar-refractivity contribution in [1.29, 1.82) is 0 Å². The molecule has 0 atom stereocenters. The lowest BCUT2D eigenvalue weighted by Gasteiger charge is -2.04. The van der Waals surface area contributed by atoms with Crippen molar-refractivity contribution in [1.82, 2.24) is 25.3 Å². The van der Waals surface area contributed by atoms with Gasteiger partial charge in [0.15, 0.2) is 5.69 Å². The van der Waals surface area contributed by atoms with Gasteiger partial charge < -0.3 is 19.8 Å². The SMILES string of the molecule is CCn1cc(NC(=O)c2cc(-c3ccc(OC)cc3)n[nH]2)c(C(=O)NCc2ccco2)n1. The number of nitrogens with zero attached hydrogens (tertiary/aromatic N) is 3. The molecule has 0 radical (unpaired) electrons. The third-order valence-corrected chi connectivity index (χ3v) is 4.76. The number of aryl methyl sites for hydroxylation is 1. The first-order valence-electron chi connectivity index (χ1n) is 9.96. The van der Waals surface area contributed by atoms with E-state index in [2.05, 4.69) is 25.9 Å². The van der Waals surface area contributed by atoms with E-state index in [-0.39, 0.29) is 17.9 Å². The molecule has 10 nitrogen and oxygen atoms in total. The van der Waals surface area contributed by atoms with Crippen molar-refractivity contribution in [3.63, 3.8) is 0 Å². The molecule has 0 aliphatic carbocycles. The Hall–Kier alpha value is -4.34. The van der Waals surface area contributed by atoms with Crippen molar-refractivity contribution in [3.8, 4) is 17.0 Å². The summed E-state index contributed by atoms with van der Waals surface area (Å²) in [7, 11) is 1.60. The molecular formula is C22H22N6O4. The molecule has 4 rings (SSSR count). The van der Waals surface area contributed by atoms with E-state index in [0.717, 1.165) is 11.3 Å². The summed E-state index contributed by atoms with van der Waals surface area (Å²) in [5.41, 5.74) is 2.11. The molecule has 0 unspecified atom stereocenters. The number of benzene rings is 1. The van der Waals surface area contributed by atoms with E-state index in [4.69, 9.17) is 9.15 Å². The van der Waals surface area contributed by atoms with Crippen LogP contribution in [0.3, 0.4) is 0 Å². The molecule has 0 saturated heterocycles. The van der Waals surface area contributed by atoms with E-state index < -0.39 is 11.8 Å². The maximum atomic E-state index is 12.8. The van der Waals surface area contributed by atoms with Gasteiger partial charge in [0.25, 0.3) is 11.8 Å². The van der Waals surface area contributed by atoms with Crippen molar-refractivity contribution in [2.45, 2.75) is 20.0 Å². The summed E-state index contributed by atoms with van der Waals surface area (Å²) in [6, 6.07) is 12.5. The Labute approximate surface area is 183 Å². The van der Waals surface area contributed by atoms with Crippen LogP contribution in [0.4, 0.5) is 5.69 Å². The minimum atomic E-state index is -0.437. The molecule has 4 aromatic rings. The van der Waals surface area contributed by atoms with Crippen LogP contribution in [0.1, 0.15) is 33.7 Å². The molecule has 0 saturated carbocycles. The maximum Gasteiger partial charge on any atom is 0.274 e. The highest BCUT2D eigenvalue weighted by Gasteiger charge is 2.20. The van der Waals surface area contributed by atoms with Gasteiger partial charge in [0.2, 0.25) is 0 Å².